The van der Waals surface area contributed by atoms with Crippen molar-refractivity contribution in [3.05, 3.63) is 65.7 Å². The number of carbonyl (C=O) groups excluding carboxylic acids is 1. The number of ether oxygens (including phenoxy) is 1. The van der Waals surface area contributed by atoms with E-state index in [0.717, 1.165) is 5.56 Å². The van der Waals surface area contributed by atoms with Crippen LogP contribution in [0.2, 0.25) is 0 Å². The molecule has 1 aliphatic rings. The van der Waals surface area contributed by atoms with Gasteiger partial charge in [0.05, 0.1) is 6.61 Å². The van der Waals surface area contributed by atoms with Crippen molar-refractivity contribution in [3.8, 4) is 5.75 Å². The zero-order valence-electron chi connectivity index (χ0n) is 13.7. The quantitative estimate of drug-likeness (QED) is 0.622. The van der Waals surface area contributed by atoms with Crippen LogP contribution in [0.15, 0.2) is 54.6 Å². The lowest BCUT2D eigenvalue weighted by Gasteiger charge is -2.38. The molecule has 2 unspecified atom stereocenters. The van der Waals surface area contributed by atoms with Crippen molar-refractivity contribution in [2.24, 2.45) is 0 Å². The second-order valence-electron chi connectivity index (χ2n) is 6.27. The van der Waals surface area contributed by atoms with E-state index in [1.807, 2.05) is 30.3 Å². The summed E-state index contributed by atoms with van der Waals surface area (Å²) in [4.78, 5) is 12.4. The van der Waals surface area contributed by atoms with Gasteiger partial charge in [0, 0.05) is 18.4 Å². The summed E-state index contributed by atoms with van der Waals surface area (Å²) in [7, 11) is 0. The molecular formula is C19H21NO5. The lowest BCUT2D eigenvalue weighted by Crippen LogP contribution is -2.62. The Hall–Kier alpha value is -2.41. The molecule has 6 heteroatoms. The van der Waals surface area contributed by atoms with E-state index in [1.54, 1.807) is 0 Å². The van der Waals surface area contributed by atoms with Crippen molar-refractivity contribution >= 4 is 5.91 Å². The summed E-state index contributed by atoms with van der Waals surface area (Å²) in [5, 5.41) is 33.4. The SMILES string of the molecule is O=C(NC1(O)CCCC1(O)OCc1ccccc1)c1ccc(O)cc1. The van der Waals surface area contributed by atoms with Gasteiger partial charge in [-0.25, -0.2) is 0 Å². The maximum absolute atomic E-state index is 12.4. The summed E-state index contributed by atoms with van der Waals surface area (Å²) < 4.78 is 5.60. The smallest absolute Gasteiger partial charge is 0.253 e. The van der Waals surface area contributed by atoms with Crippen molar-refractivity contribution in [3.63, 3.8) is 0 Å². The summed E-state index contributed by atoms with van der Waals surface area (Å²) in [6, 6.07) is 14.9. The minimum atomic E-state index is -1.88. The number of nitrogens with one attached hydrogen (secondary N) is 1. The molecule has 3 rings (SSSR count). The highest BCUT2D eigenvalue weighted by molar-refractivity contribution is 5.94. The van der Waals surface area contributed by atoms with E-state index in [9.17, 15) is 20.1 Å². The second kappa shape index (κ2) is 6.84. The average molecular weight is 343 g/mol. The number of benzene rings is 2. The van der Waals surface area contributed by atoms with Gasteiger partial charge < -0.3 is 25.4 Å². The molecule has 1 amide bonds. The minimum Gasteiger partial charge on any atom is -0.508 e. The zero-order valence-corrected chi connectivity index (χ0v) is 13.7. The maximum atomic E-state index is 12.4. The number of rotatable bonds is 5. The molecule has 0 saturated heterocycles. The molecular weight excluding hydrogens is 322 g/mol. The summed E-state index contributed by atoms with van der Waals surface area (Å²) in [5.41, 5.74) is -0.755. The summed E-state index contributed by atoms with van der Waals surface area (Å²) in [6.45, 7) is 0.120. The van der Waals surface area contributed by atoms with Gasteiger partial charge in [-0.15, -0.1) is 0 Å². The van der Waals surface area contributed by atoms with Crippen molar-refractivity contribution in [2.45, 2.75) is 37.4 Å². The van der Waals surface area contributed by atoms with Gasteiger partial charge in [-0.05, 0) is 36.2 Å². The topological polar surface area (TPSA) is 99.0 Å². The maximum Gasteiger partial charge on any atom is 0.253 e. The van der Waals surface area contributed by atoms with Crippen LogP contribution in [-0.2, 0) is 11.3 Å². The van der Waals surface area contributed by atoms with Gasteiger partial charge in [0.2, 0.25) is 5.79 Å². The number of carbonyl (C=O) groups is 1. The molecule has 0 bridgehead atoms. The first kappa shape index (κ1) is 17.4. The summed E-state index contributed by atoms with van der Waals surface area (Å²) in [6.07, 6.45) is 0.909. The molecule has 6 nitrogen and oxygen atoms in total. The lowest BCUT2D eigenvalue weighted by atomic mass is 10.1. The van der Waals surface area contributed by atoms with Gasteiger partial charge in [0.15, 0.2) is 5.72 Å². The van der Waals surface area contributed by atoms with E-state index in [0.29, 0.717) is 6.42 Å². The molecule has 2 atom stereocenters. The monoisotopic (exact) mass is 343 g/mol. The summed E-state index contributed by atoms with van der Waals surface area (Å²) >= 11 is 0. The Morgan fingerprint density at radius 2 is 1.72 bits per heavy atom. The standard InChI is InChI=1S/C19H21NO5/c21-16-9-7-15(8-10-16)17(22)20-18(23)11-4-12-19(18,24)25-13-14-5-2-1-3-6-14/h1-3,5-10,21,23-24H,4,11-13H2,(H,20,22). The molecule has 1 fully saturated rings. The normalized spacial score (nSPS) is 25.7. The number of hydrogen-bond acceptors (Lipinski definition) is 5. The molecule has 1 aliphatic carbocycles. The number of aliphatic hydroxyl groups is 2. The molecule has 0 aliphatic heterocycles. The van der Waals surface area contributed by atoms with Crippen molar-refractivity contribution in [2.75, 3.05) is 0 Å². The second-order valence-corrected chi connectivity index (χ2v) is 6.27. The van der Waals surface area contributed by atoms with Crippen molar-refractivity contribution in [1.29, 1.82) is 0 Å². The molecule has 0 aromatic heterocycles. The van der Waals surface area contributed by atoms with E-state index in [-0.39, 0.29) is 30.8 Å². The molecule has 1 saturated carbocycles. The van der Waals surface area contributed by atoms with Crippen molar-refractivity contribution < 1.29 is 24.9 Å². The molecule has 25 heavy (non-hydrogen) atoms. The first-order valence-electron chi connectivity index (χ1n) is 8.16. The highest BCUT2D eigenvalue weighted by atomic mass is 16.6. The number of phenolic OH excluding ortho intramolecular Hbond substituents is 1. The largest absolute Gasteiger partial charge is 0.508 e. The Labute approximate surface area is 145 Å². The first-order valence-corrected chi connectivity index (χ1v) is 8.16. The zero-order chi connectivity index (χ0) is 17.9. The Kier molecular flexibility index (Phi) is 4.76. The third kappa shape index (κ3) is 3.66. The highest BCUT2D eigenvalue weighted by Gasteiger charge is 2.55. The van der Waals surface area contributed by atoms with Gasteiger partial charge in [-0.3, -0.25) is 4.79 Å². The molecule has 0 spiro atoms. The van der Waals surface area contributed by atoms with Gasteiger partial charge in [0.1, 0.15) is 5.75 Å². The van der Waals surface area contributed by atoms with E-state index >= 15 is 0 Å². The van der Waals surface area contributed by atoms with Crippen LogP contribution in [0.5, 0.6) is 5.75 Å². The molecule has 2 aromatic carbocycles. The fraction of sp³-hybridized carbons (Fsp3) is 0.316. The minimum absolute atomic E-state index is 0.0406. The highest BCUT2D eigenvalue weighted by Crippen LogP contribution is 2.39. The van der Waals surface area contributed by atoms with Crippen molar-refractivity contribution in [1.82, 2.24) is 5.32 Å². The number of aromatic hydroxyl groups is 1. The van der Waals surface area contributed by atoms with E-state index in [4.69, 9.17) is 4.74 Å². The lowest BCUT2D eigenvalue weighted by molar-refractivity contribution is -0.295. The van der Waals surface area contributed by atoms with Gasteiger partial charge in [-0.1, -0.05) is 30.3 Å². The van der Waals surface area contributed by atoms with E-state index in [2.05, 4.69) is 5.32 Å². The van der Waals surface area contributed by atoms with Crippen LogP contribution in [0.1, 0.15) is 35.2 Å². The third-order valence-electron chi connectivity index (χ3n) is 4.47. The van der Waals surface area contributed by atoms with E-state index < -0.39 is 17.4 Å². The van der Waals surface area contributed by atoms with Gasteiger partial charge in [-0.2, -0.15) is 0 Å². The number of amides is 1. The summed E-state index contributed by atoms with van der Waals surface area (Å²) in [5.74, 6) is -2.37. The molecule has 4 N–H and O–H groups in total. The molecule has 132 valence electrons. The number of phenols is 1. The average Bonchev–Trinajstić information content (AvgIpc) is 2.89. The fourth-order valence-electron chi connectivity index (χ4n) is 2.99. The van der Waals surface area contributed by atoms with Crippen LogP contribution in [0.25, 0.3) is 0 Å². The predicted molar refractivity (Wildman–Crippen MR) is 90.6 cm³/mol. The predicted octanol–water partition coefficient (Wildman–Crippen LogP) is 1.90. The van der Waals surface area contributed by atoms with Crippen LogP contribution in [0.4, 0.5) is 0 Å². The third-order valence-corrected chi connectivity index (χ3v) is 4.47. The molecule has 0 heterocycles. The Morgan fingerprint density at radius 1 is 1.04 bits per heavy atom. The first-order chi connectivity index (χ1) is 11.9. The van der Waals surface area contributed by atoms with Crippen LogP contribution in [0, 0.1) is 0 Å². The van der Waals surface area contributed by atoms with Crippen LogP contribution in [-0.4, -0.2) is 32.7 Å². The molecule has 0 radical (unpaired) electrons. The molecule has 2 aromatic rings. The number of hydrogen-bond donors (Lipinski definition) is 4. The fourth-order valence-corrected chi connectivity index (χ4v) is 2.99. The Bertz CT molecular complexity index is 733. The van der Waals surface area contributed by atoms with Gasteiger partial charge in [0.25, 0.3) is 5.91 Å². The van der Waals surface area contributed by atoms with Crippen LogP contribution >= 0.6 is 0 Å². The Morgan fingerprint density at radius 3 is 2.40 bits per heavy atom. The van der Waals surface area contributed by atoms with Crippen LogP contribution in [0.3, 0.4) is 0 Å². The Balaban J connectivity index is 1.71. The van der Waals surface area contributed by atoms with Gasteiger partial charge >= 0.3 is 0 Å². The van der Waals surface area contributed by atoms with E-state index in [1.165, 1.54) is 24.3 Å². The van der Waals surface area contributed by atoms with Crippen LogP contribution < -0.4 is 5.32 Å².